The van der Waals surface area contributed by atoms with E-state index < -0.39 is 5.91 Å². The summed E-state index contributed by atoms with van der Waals surface area (Å²) in [5, 5.41) is 15.6. The maximum atomic E-state index is 12.7. The molecular formula is C27H18BrIN4O2. The normalized spacial score (nSPS) is 11.4. The molecule has 172 valence electrons. The number of nitrogens with one attached hydrogen (secondary N) is 1. The Balaban J connectivity index is 1.44. The van der Waals surface area contributed by atoms with Gasteiger partial charge in [0.25, 0.3) is 0 Å². The zero-order valence-corrected chi connectivity index (χ0v) is 22.3. The number of carbonyl (C=O) groups excluding carboxylic acids is 1. The van der Waals surface area contributed by atoms with Crippen molar-refractivity contribution < 1.29 is 9.21 Å². The van der Waals surface area contributed by atoms with Gasteiger partial charge in [-0.15, -0.1) is 0 Å². The SMILES string of the molecule is Cc1c(/C=N\NC(=O)c2cc3cc(Br)cc(I)c3o2)c2ccccc2n1Cc1ccccc1C#N. The van der Waals surface area contributed by atoms with Crippen molar-refractivity contribution in [2.24, 2.45) is 5.10 Å². The van der Waals surface area contributed by atoms with E-state index in [0.29, 0.717) is 17.7 Å². The smallest absolute Gasteiger partial charge is 0.307 e. The highest BCUT2D eigenvalue weighted by molar-refractivity contribution is 14.1. The second kappa shape index (κ2) is 9.68. The predicted molar refractivity (Wildman–Crippen MR) is 149 cm³/mol. The number of rotatable bonds is 5. The van der Waals surface area contributed by atoms with E-state index >= 15 is 0 Å². The molecule has 0 spiro atoms. The van der Waals surface area contributed by atoms with Crippen LogP contribution >= 0.6 is 38.5 Å². The van der Waals surface area contributed by atoms with Crippen LogP contribution < -0.4 is 5.43 Å². The fourth-order valence-corrected chi connectivity index (χ4v) is 5.82. The molecule has 0 bridgehead atoms. The number of hydrogen-bond acceptors (Lipinski definition) is 4. The van der Waals surface area contributed by atoms with Gasteiger partial charge in [0.15, 0.2) is 5.76 Å². The van der Waals surface area contributed by atoms with Gasteiger partial charge in [0.1, 0.15) is 5.58 Å². The van der Waals surface area contributed by atoms with Gasteiger partial charge in [-0.25, -0.2) is 5.43 Å². The molecule has 0 fully saturated rings. The average Bonchev–Trinajstić information content (AvgIpc) is 3.40. The van der Waals surface area contributed by atoms with Crippen molar-refractivity contribution in [1.82, 2.24) is 9.99 Å². The summed E-state index contributed by atoms with van der Waals surface area (Å²) in [5.74, 6) is -0.228. The van der Waals surface area contributed by atoms with Gasteiger partial charge in [-0.2, -0.15) is 10.4 Å². The number of aromatic nitrogens is 1. The summed E-state index contributed by atoms with van der Waals surface area (Å²) in [7, 11) is 0. The summed E-state index contributed by atoms with van der Waals surface area (Å²) in [4.78, 5) is 12.7. The third-order valence-electron chi connectivity index (χ3n) is 5.87. The van der Waals surface area contributed by atoms with Crippen LogP contribution in [0.1, 0.15) is 32.9 Å². The lowest BCUT2D eigenvalue weighted by Crippen LogP contribution is -2.16. The molecule has 2 aromatic heterocycles. The molecule has 1 amide bonds. The molecule has 0 saturated heterocycles. The van der Waals surface area contributed by atoms with E-state index in [0.717, 1.165) is 41.2 Å². The van der Waals surface area contributed by atoms with E-state index in [1.807, 2.05) is 67.6 Å². The number of furan rings is 1. The minimum Gasteiger partial charge on any atom is -0.450 e. The highest BCUT2D eigenvalue weighted by Crippen LogP contribution is 2.29. The third-order valence-corrected chi connectivity index (χ3v) is 7.12. The van der Waals surface area contributed by atoms with E-state index in [9.17, 15) is 10.1 Å². The standard InChI is InChI=1S/C27H18BrIN4O2/c1-16-22(14-31-32-27(34)25-11-19-10-20(28)12-23(29)26(19)35-25)21-8-4-5-9-24(21)33(16)15-18-7-3-2-6-17(18)13-30/h2-12,14H,15H2,1H3,(H,32,34)/b31-14-. The first-order valence-electron chi connectivity index (χ1n) is 10.7. The molecule has 0 atom stereocenters. The van der Waals surface area contributed by atoms with Crippen LogP contribution in [0.5, 0.6) is 0 Å². The Morgan fingerprint density at radius 3 is 2.80 bits per heavy atom. The molecule has 1 N–H and O–H groups in total. The number of para-hydroxylation sites is 1. The Kier molecular flexibility index (Phi) is 6.45. The lowest BCUT2D eigenvalue weighted by molar-refractivity contribution is 0.0929. The minimum atomic E-state index is -0.422. The minimum absolute atomic E-state index is 0.195. The van der Waals surface area contributed by atoms with Crippen LogP contribution in [0.15, 0.2) is 80.7 Å². The number of amides is 1. The van der Waals surface area contributed by atoms with Gasteiger partial charge >= 0.3 is 5.91 Å². The second-order valence-electron chi connectivity index (χ2n) is 7.99. The van der Waals surface area contributed by atoms with Crippen molar-refractivity contribution in [1.29, 1.82) is 5.26 Å². The van der Waals surface area contributed by atoms with E-state index in [1.165, 1.54) is 0 Å². The Morgan fingerprint density at radius 2 is 1.97 bits per heavy atom. The van der Waals surface area contributed by atoms with Crippen molar-refractivity contribution in [3.05, 3.63) is 103 Å². The lowest BCUT2D eigenvalue weighted by Gasteiger charge is -2.10. The summed E-state index contributed by atoms with van der Waals surface area (Å²) in [6, 6.07) is 23.4. The number of benzene rings is 3. The van der Waals surface area contributed by atoms with Crippen LogP contribution in [-0.2, 0) is 6.54 Å². The van der Waals surface area contributed by atoms with Crippen LogP contribution in [-0.4, -0.2) is 16.7 Å². The molecule has 0 aliphatic carbocycles. The van der Waals surface area contributed by atoms with Gasteiger partial charge in [-0.05, 0) is 65.4 Å². The molecule has 0 saturated carbocycles. The molecule has 3 aromatic carbocycles. The Bertz CT molecular complexity index is 1680. The van der Waals surface area contributed by atoms with Crippen molar-refractivity contribution in [3.63, 3.8) is 0 Å². The first-order valence-corrected chi connectivity index (χ1v) is 12.6. The van der Waals surface area contributed by atoms with E-state index in [4.69, 9.17) is 4.42 Å². The highest BCUT2D eigenvalue weighted by atomic mass is 127. The van der Waals surface area contributed by atoms with Crippen molar-refractivity contribution in [3.8, 4) is 6.07 Å². The number of hydrazone groups is 1. The Hall–Kier alpha value is -3.42. The zero-order chi connectivity index (χ0) is 24.5. The predicted octanol–water partition coefficient (Wildman–Crippen LogP) is 6.75. The summed E-state index contributed by atoms with van der Waals surface area (Å²) in [6.45, 7) is 2.57. The molecule has 0 unspecified atom stereocenters. The molecule has 8 heteroatoms. The molecule has 5 rings (SSSR count). The zero-order valence-electron chi connectivity index (χ0n) is 18.5. The number of nitrogens with zero attached hydrogens (tertiary/aromatic N) is 3. The molecule has 0 radical (unpaired) electrons. The van der Waals surface area contributed by atoms with Gasteiger partial charge in [0.05, 0.1) is 21.4 Å². The monoisotopic (exact) mass is 636 g/mol. The molecule has 0 aliphatic rings. The first-order chi connectivity index (χ1) is 17.0. The fourth-order valence-electron chi connectivity index (χ4n) is 4.16. The van der Waals surface area contributed by atoms with Gasteiger partial charge in [0, 0.05) is 38.6 Å². The van der Waals surface area contributed by atoms with E-state index in [2.05, 4.69) is 59.7 Å². The fraction of sp³-hybridized carbons (Fsp3) is 0.0741. The summed E-state index contributed by atoms with van der Waals surface area (Å²) < 4.78 is 9.75. The van der Waals surface area contributed by atoms with Crippen molar-refractivity contribution >= 4 is 72.5 Å². The Labute approximate surface area is 223 Å². The van der Waals surface area contributed by atoms with Gasteiger partial charge in [-0.3, -0.25) is 4.79 Å². The van der Waals surface area contributed by atoms with Crippen LogP contribution in [0.3, 0.4) is 0 Å². The largest absolute Gasteiger partial charge is 0.450 e. The van der Waals surface area contributed by atoms with Crippen LogP contribution in [0, 0.1) is 21.8 Å². The van der Waals surface area contributed by atoms with Gasteiger partial charge in [-0.1, -0.05) is 52.3 Å². The van der Waals surface area contributed by atoms with Crippen molar-refractivity contribution in [2.45, 2.75) is 13.5 Å². The highest BCUT2D eigenvalue weighted by Gasteiger charge is 2.16. The van der Waals surface area contributed by atoms with Crippen molar-refractivity contribution in [2.75, 3.05) is 0 Å². The summed E-state index contributed by atoms with van der Waals surface area (Å²) in [5.41, 5.74) is 7.76. The second-order valence-corrected chi connectivity index (χ2v) is 10.1. The average molecular weight is 637 g/mol. The first kappa shape index (κ1) is 23.3. The third kappa shape index (κ3) is 4.49. The number of hydrogen-bond donors (Lipinski definition) is 1. The Morgan fingerprint density at radius 1 is 1.20 bits per heavy atom. The quantitative estimate of drug-likeness (QED) is 0.132. The maximum absolute atomic E-state index is 12.7. The van der Waals surface area contributed by atoms with E-state index in [-0.39, 0.29) is 5.76 Å². The van der Waals surface area contributed by atoms with Crippen LogP contribution in [0.4, 0.5) is 0 Å². The topological polar surface area (TPSA) is 83.3 Å². The summed E-state index contributed by atoms with van der Waals surface area (Å²) >= 11 is 5.64. The number of carbonyl (C=O) groups is 1. The molecular weight excluding hydrogens is 619 g/mol. The number of nitriles is 1. The molecule has 35 heavy (non-hydrogen) atoms. The van der Waals surface area contributed by atoms with E-state index in [1.54, 1.807) is 12.3 Å². The van der Waals surface area contributed by atoms with Crippen LogP contribution in [0.25, 0.3) is 21.9 Å². The van der Waals surface area contributed by atoms with Gasteiger partial charge in [0.2, 0.25) is 0 Å². The molecule has 0 aliphatic heterocycles. The maximum Gasteiger partial charge on any atom is 0.307 e. The number of fused-ring (bicyclic) bond motifs is 2. The molecule has 6 nitrogen and oxygen atoms in total. The van der Waals surface area contributed by atoms with Crippen LogP contribution in [0.2, 0.25) is 0 Å². The number of halogens is 2. The molecule has 5 aromatic rings. The lowest BCUT2D eigenvalue weighted by atomic mass is 10.1. The molecule has 2 heterocycles. The summed E-state index contributed by atoms with van der Waals surface area (Å²) in [6.07, 6.45) is 1.66. The van der Waals surface area contributed by atoms with Gasteiger partial charge < -0.3 is 8.98 Å².